The number of carboxylic acids is 2. The summed E-state index contributed by atoms with van der Waals surface area (Å²) in [5.74, 6) is -4.76. The number of nitrogens with zero attached hydrogens (tertiary/aromatic N) is 2. The average molecular weight is 1110 g/mol. The van der Waals surface area contributed by atoms with E-state index in [1.54, 1.807) is 0 Å². The molecule has 0 aliphatic carbocycles. The van der Waals surface area contributed by atoms with Crippen molar-refractivity contribution in [2.75, 3.05) is 0 Å². The molecule has 0 heterocycles. The predicted molar refractivity (Wildman–Crippen MR) is 314 cm³/mol. The van der Waals surface area contributed by atoms with Crippen molar-refractivity contribution < 1.29 is 56.7 Å². The van der Waals surface area contributed by atoms with E-state index in [1.165, 1.54) is 84.3 Å². The Hall–Kier alpha value is -5.15. The number of carboxylic acid groups (broad SMARTS) is 2. The van der Waals surface area contributed by atoms with Crippen molar-refractivity contribution in [3.05, 3.63) is 104 Å². The molecule has 430 valence electrons. The van der Waals surface area contributed by atoms with Crippen LogP contribution in [0.2, 0.25) is 0 Å². The summed E-state index contributed by atoms with van der Waals surface area (Å²) in [4.78, 5) is 33.2. The number of carbonyl (C=O) groups is 2. The van der Waals surface area contributed by atoms with E-state index in [0.29, 0.717) is 36.8 Å². The van der Waals surface area contributed by atoms with Crippen molar-refractivity contribution in [2.45, 2.75) is 249 Å². The molecule has 0 saturated heterocycles. The Bertz CT molecular complexity index is 2210. The van der Waals surface area contributed by atoms with Gasteiger partial charge in [-0.1, -0.05) is 158 Å². The topological polar surface area (TPSA) is 186 Å². The zero-order chi connectivity index (χ0) is 56.4. The van der Waals surface area contributed by atoms with Gasteiger partial charge in [0.25, 0.3) is 0 Å². The fourth-order valence-electron chi connectivity index (χ4n) is 9.68. The summed E-state index contributed by atoms with van der Waals surface area (Å²) in [5.41, 5.74) is 12.6. The van der Waals surface area contributed by atoms with Crippen molar-refractivity contribution in [2.24, 2.45) is 9.98 Å². The fourth-order valence-corrected chi connectivity index (χ4v) is 9.68. The summed E-state index contributed by atoms with van der Waals surface area (Å²) in [6, 6.07) is 17.0. The van der Waals surface area contributed by atoms with E-state index in [4.69, 9.17) is 9.98 Å². The molecule has 4 aromatic carbocycles. The monoisotopic (exact) mass is 1100 g/mol. The SMILES string of the molecule is CCCCC(=Nc1cc(CCC)cc(CCC)c1)C(CCCC)=Nc1cc(CCC)cc(CCC)c1.CCCCCc1c(CCCC)cc(O)c(O)c1C(=O)[O-].CCCCCc1c(CCCC)cc(O)c(O)c1C(=O)[O-].[Ni+2]. The molecule has 0 radical (unpaired) electrons. The second-order valence-corrected chi connectivity index (χ2v) is 20.5. The minimum Gasteiger partial charge on any atom is -0.545 e. The summed E-state index contributed by atoms with van der Waals surface area (Å²) in [7, 11) is 0. The summed E-state index contributed by atoms with van der Waals surface area (Å²) in [6.45, 7) is 21.8. The number of carbonyl (C=O) groups excluding carboxylic acids is 2. The maximum absolute atomic E-state index is 11.3. The van der Waals surface area contributed by atoms with Gasteiger partial charge in [0.1, 0.15) is 0 Å². The quantitative estimate of drug-likeness (QED) is 0.0157. The van der Waals surface area contributed by atoms with Crippen LogP contribution in [0.3, 0.4) is 0 Å². The normalized spacial score (nSPS) is 11.4. The Labute approximate surface area is 475 Å². The van der Waals surface area contributed by atoms with Crippen LogP contribution in [0.5, 0.6) is 23.0 Å². The Kier molecular flexibility index (Phi) is 36.4. The summed E-state index contributed by atoms with van der Waals surface area (Å²) in [5, 5.41) is 61.5. The predicted octanol–water partition coefficient (Wildman–Crippen LogP) is 15.8. The Morgan fingerprint density at radius 1 is 0.377 bits per heavy atom. The molecule has 4 N–H and O–H groups in total. The molecule has 11 heteroatoms. The van der Waals surface area contributed by atoms with Crippen LogP contribution in [0.25, 0.3) is 0 Å². The van der Waals surface area contributed by atoms with Crippen molar-refractivity contribution >= 4 is 34.7 Å². The molecule has 0 aromatic heterocycles. The molecule has 0 fully saturated rings. The maximum atomic E-state index is 11.3. The van der Waals surface area contributed by atoms with Crippen molar-refractivity contribution in [1.29, 1.82) is 0 Å². The molecule has 0 aliphatic rings. The van der Waals surface area contributed by atoms with Gasteiger partial charge >= 0.3 is 16.5 Å². The van der Waals surface area contributed by atoms with Gasteiger partial charge < -0.3 is 40.2 Å². The second-order valence-electron chi connectivity index (χ2n) is 20.5. The molecule has 0 spiro atoms. The zero-order valence-electron chi connectivity index (χ0n) is 49.1. The number of phenols is 4. The maximum Gasteiger partial charge on any atom is 2.00 e. The van der Waals surface area contributed by atoms with Crippen LogP contribution in [-0.4, -0.2) is 43.8 Å². The molecular weight excluding hydrogens is 1010 g/mol. The zero-order valence-corrected chi connectivity index (χ0v) is 50.0. The first kappa shape index (κ1) is 69.9. The van der Waals surface area contributed by atoms with E-state index in [0.717, 1.165) is 138 Å². The minimum absolute atomic E-state index is 0. The van der Waals surface area contributed by atoms with Crippen LogP contribution < -0.4 is 10.2 Å². The van der Waals surface area contributed by atoms with Gasteiger partial charge in [0, 0.05) is 11.1 Å². The van der Waals surface area contributed by atoms with Crippen molar-refractivity contribution in [1.82, 2.24) is 0 Å². The van der Waals surface area contributed by atoms with Crippen LogP contribution in [0.1, 0.15) is 263 Å². The number of benzene rings is 4. The van der Waals surface area contributed by atoms with Crippen LogP contribution in [-0.2, 0) is 67.9 Å². The Morgan fingerprint density at radius 3 is 0.935 bits per heavy atom. The number of hydrogen-bond donors (Lipinski definition) is 4. The van der Waals surface area contributed by atoms with Gasteiger partial charge in [0.15, 0.2) is 23.0 Å². The van der Waals surface area contributed by atoms with Gasteiger partial charge in [-0.15, -0.1) is 0 Å². The average Bonchev–Trinajstić information content (AvgIpc) is 3.38. The van der Waals surface area contributed by atoms with Crippen molar-refractivity contribution in [3.8, 4) is 23.0 Å². The smallest absolute Gasteiger partial charge is 0.545 e. The first-order valence-corrected chi connectivity index (χ1v) is 29.6. The Balaban J connectivity index is 0.000000618. The summed E-state index contributed by atoms with van der Waals surface area (Å²) < 4.78 is 0. The van der Waals surface area contributed by atoms with Gasteiger partial charge in [-0.05, 0) is 184 Å². The van der Waals surface area contributed by atoms with E-state index < -0.39 is 23.4 Å². The molecule has 0 saturated carbocycles. The molecule has 4 aromatic rings. The number of aliphatic imine (C=N–C) groups is 2. The largest absolute Gasteiger partial charge is 2.00 e. The van der Waals surface area contributed by atoms with Crippen LogP contribution in [0.15, 0.2) is 58.5 Å². The van der Waals surface area contributed by atoms with Gasteiger partial charge in [0.2, 0.25) is 0 Å². The third kappa shape index (κ3) is 24.6. The van der Waals surface area contributed by atoms with Crippen molar-refractivity contribution in [3.63, 3.8) is 0 Å². The van der Waals surface area contributed by atoms with E-state index in [9.17, 15) is 40.2 Å². The number of phenolic OH excluding ortho intramolecular Hbond substituents is 2. The third-order valence-electron chi connectivity index (χ3n) is 13.7. The van der Waals surface area contributed by atoms with E-state index in [1.807, 2.05) is 0 Å². The van der Waals surface area contributed by atoms with Crippen LogP contribution in [0, 0.1) is 0 Å². The first-order chi connectivity index (χ1) is 36.6. The third-order valence-corrected chi connectivity index (χ3v) is 13.7. The first-order valence-electron chi connectivity index (χ1n) is 29.6. The fraction of sp³-hybridized carbons (Fsp3) is 0.576. The van der Waals surface area contributed by atoms with Gasteiger partial charge in [-0.25, -0.2) is 0 Å². The van der Waals surface area contributed by atoms with Gasteiger partial charge in [-0.2, -0.15) is 0 Å². The molecule has 4 rings (SSSR count). The number of unbranched alkanes of at least 4 members (excludes halogenated alkanes) is 8. The Morgan fingerprint density at radius 2 is 0.675 bits per heavy atom. The van der Waals surface area contributed by atoms with E-state index in [-0.39, 0.29) is 39.1 Å². The number of rotatable bonds is 33. The number of aromatic hydroxyl groups is 4. The molecule has 0 atom stereocenters. The molecule has 0 unspecified atom stereocenters. The van der Waals surface area contributed by atoms with Crippen LogP contribution >= 0.6 is 0 Å². The molecule has 0 bridgehead atoms. The number of aromatic carboxylic acids is 2. The summed E-state index contributed by atoms with van der Waals surface area (Å²) in [6.07, 6.45) is 27.9. The minimum atomic E-state index is -1.43. The van der Waals surface area contributed by atoms with Gasteiger partial charge in [-0.3, -0.25) is 9.98 Å². The second kappa shape index (κ2) is 40.1. The van der Waals surface area contributed by atoms with Gasteiger partial charge in [0.05, 0.1) is 34.7 Å². The molecule has 0 aliphatic heterocycles. The molecular formula is C66H98N2NiO8. The molecule has 77 heavy (non-hydrogen) atoms. The molecule has 10 nitrogen and oxygen atoms in total. The van der Waals surface area contributed by atoms with E-state index in [2.05, 4.69) is 106 Å². The molecule has 0 amide bonds. The summed E-state index contributed by atoms with van der Waals surface area (Å²) >= 11 is 0. The number of hydrogen-bond acceptors (Lipinski definition) is 10. The standard InChI is InChI=1S/C34H52N2.2C16H24O4.Ni/c1-7-13-19-33(35-31-23-27(15-9-3)21-28(24-31)16-10-4)34(20-14-8-2)36-32-25-29(17-11-5)22-30(26-32)18-12-6;2*1-3-5-7-9-12-11(8-6-4-2)10-13(17)15(18)14(12)16(19)20;/h21-26H,7-20H2,1-6H3;2*10,17-18H,3-9H2,1-2H3,(H,19,20);/q;;;+2/p-2. The van der Waals surface area contributed by atoms with Crippen LogP contribution in [0.4, 0.5) is 11.4 Å². The number of aryl methyl sites for hydroxylation is 6. The van der Waals surface area contributed by atoms with E-state index >= 15 is 0 Å².